The number of aryl methyl sites for hydroxylation is 1. The largest absolute Gasteiger partial charge is 0.454 e. The van der Waals surface area contributed by atoms with E-state index in [1.54, 1.807) is 6.20 Å². The molecule has 3 heterocycles. The average molecular weight is 339 g/mol. The molecule has 1 saturated carbocycles. The molecule has 0 spiro atoms. The van der Waals surface area contributed by atoms with Gasteiger partial charge in [-0.25, -0.2) is 0 Å². The van der Waals surface area contributed by atoms with Crippen molar-refractivity contribution in [2.45, 2.75) is 51.2 Å². The van der Waals surface area contributed by atoms with Gasteiger partial charge in [0.15, 0.2) is 11.5 Å². The van der Waals surface area contributed by atoms with Crippen LogP contribution in [0.25, 0.3) is 0 Å². The van der Waals surface area contributed by atoms with Gasteiger partial charge in [-0.15, -0.1) is 0 Å². The van der Waals surface area contributed by atoms with Crippen molar-refractivity contribution < 1.29 is 14.3 Å². The third-order valence-electron chi connectivity index (χ3n) is 5.25. The number of hydrogen-bond donors (Lipinski definition) is 0. The molecule has 1 aromatic carbocycles. The van der Waals surface area contributed by atoms with Gasteiger partial charge in [-0.1, -0.05) is 6.07 Å². The predicted octanol–water partition coefficient (Wildman–Crippen LogP) is 2.75. The molecular formula is C19H21N3O3. The fraction of sp³-hybridized carbons (Fsp3) is 0.474. The molecule has 5 rings (SSSR count). The van der Waals surface area contributed by atoms with Crippen LogP contribution in [0.15, 0.2) is 24.4 Å². The molecule has 1 amide bonds. The van der Waals surface area contributed by atoms with E-state index in [-0.39, 0.29) is 12.7 Å². The van der Waals surface area contributed by atoms with Gasteiger partial charge in [-0.05, 0) is 49.8 Å². The number of aromatic nitrogens is 2. The highest BCUT2D eigenvalue weighted by atomic mass is 16.7. The van der Waals surface area contributed by atoms with Gasteiger partial charge in [0, 0.05) is 19.1 Å². The van der Waals surface area contributed by atoms with E-state index in [1.165, 1.54) is 0 Å². The van der Waals surface area contributed by atoms with Crippen molar-refractivity contribution in [1.82, 2.24) is 14.7 Å². The van der Waals surface area contributed by atoms with E-state index in [1.807, 2.05) is 27.8 Å². The number of ether oxygens (including phenoxy) is 2. The summed E-state index contributed by atoms with van der Waals surface area (Å²) in [5, 5.41) is 4.43. The van der Waals surface area contributed by atoms with Crippen LogP contribution < -0.4 is 9.47 Å². The summed E-state index contributed by atoms with van der Waals surface area (Å²) in [6.45, 7) is 1.80. The molecule has 1 fully saturated rings. The first-order chi connectivity index (χ1) is 12.3. The van der Waals surface area contributed by atoms with Crippen LogP contribution in [0, 0.1) is 0 Å². The maximum Gasteiger partial charge on any atom is 0.257 e. The Morgan fingerprint density at radius 1 is 1.24 bits per heavy atom. The van der Waals surface area contributed by atoms with Crippen LogP contribution in [0.3, 0.4) is 0 Å². The first-order valence-electron chi connectivity index (χ1n) is 9.04. The molecule has 2 aromatic rings. The molecule has 2 aliphatic heterocycles. The Morgan fingerprint density at radius 2 is 2.12 bits per heavy atom. The molecule has 130 valence electrons. The lowest BCUT2D eigenvalue weighted by molar-refractivity contribution is 0.0728. The van der Waals surface area contributed by atoms with E-state index >= 15 is 0 Å². The lowest BCUT2D eigenvalue weighted by atomic mass is 10.1. The SMILES string of the molecule is O=C(c1cnn2c1CCCC2)N(Cc1ccc2c(c1)OCO2)C1CC1. The van der Waals surface area contributed by atoms with Crippen LogP contribution in [0.5, 0.6) is 11.5 Å². The molecule has 6 heteroatoms. The normalized spacial score (nSPS) is 18.1. The van der Waals surface area contributed by atoms with Crippen molar-refractivity contribution in [2.24, 2.45) is 0 Å². The van der Waals surface area contributed by atoms with E-state index < -0.39 is 0 Å². The Morgan fingerprint density at radius 3 is 3.00 bits per heavy atom. The minimum Gasteiger partial charge on any atom is -0.454 e. The highest BCUT2D eigenvalue weighted by molar-refractivity contribution is 5.95. The summed E-state index contributed by atoms with van der Waals surface area (Å²) in [4.78, 5) is 15.2. The standard InChI is InChI=1S/C19H21N3O3/c23-19(15-10-20-22-8-2-1-3-16(15)22)21(14-5-6-14)11-13-4-7-17-18(9-13)25-12-24-17/h4,7,9-10,14H,1-3,5-6,8,11-12H2. The van der Waals surface area contributed by atoms with Gasteiger partial charge < -0.3 is 14.4 Å². The number of benzene rings is 1. The van der Waals surface area contributed by atoms with Crippen LogP contribution in [0.4, 0.5) is 0 Å². The Hall–Kier alpha value is -2.50. The molecule has 6 nitrogen and oxygen atoms in total. The molecule has 0 radical (unpaired) electrons. The molecular weight excluding hydrogens is 318 g/mol. The number of fused-ring (bicyclic) bond motifs is 2. The number of nitrogens with zero attached hydrogens (tertiary/aromatic N) is 3. The Bertz CT molecular complexity index is 825. The van der Waals surface area contributed by atoms with Gasteiger partial charge in [0.05, 0.1) is 17.5 Å². The lowest BCUT2D eigenvalue weighted by Crippen LogP contribution is -2.33. The number of carbonyl (C=O) groups excluding carboxylic acids is 1. The van der Waals surface area contributed by atoms with Gasteiger partial charge >= 0.3 is 0 Å². The van der Waals surface area contributed by atoms with Crippen LogP contribution in [0.1, 0.15) is 47.3 Å². The van der Waals surface area contributed by atoms with Crippen molar-refractivity contribution in [1.29, 1.82) is 0 Å². The van der Waals surface area contributed by atoms with Gasteiger partial charge in [0.2, 0.25) is 6.79 Å². The van der Waals surface area contributed by atoms with Crippen molar-refractivity contribution in [3.8, 4) is 11.5 Å². The molecule has 0 saturated heterocycles. The summed E-state index contributed by atoms with van der Waals surface area (Å²) >= 11 is 0. The molecule has 1 aromatic heterocycles. The average Bonchev–Trinajstić information content (AvgIpc) is 3.21. The third kappa shape index (κ3) is 2.65. The summed E-state index contributed by atoms with van der Waals surface area (Å²) < 4.78 is 12.8. The van der Waals surface area contributed by atoms with E-state index in [0.717, 1.165) is 67.0 Å². The zero-order valence-corrected chi connectivity index (χ0v) is 14.1. The summed E-state index contributed by atoms with van der Waals surface area (Å²) in [5.74, 6) is 1.66. The van der Waals surface area contributed by atoms with Gasteiger partial charge in [-0.3, -0.25) is 9.48 Å². The highest BCUT2D eigenvalue weighted by Gasteiger charge is 2.35. The molecule has 3 aliphatic rings. The second-order valence-electron chi connectivity index (χ2n) is 7.04. The maximum absolute atomic E-state index is 13.2. The van der Waals surface area contributed by atoms with Crippen LogP contribution in [-0.2, 0) is 19.5 Å². The van der Waals surface area contributed by atoms with Crippen molar-refractivity contribution in [3.05, 3.63) is 41.2 Å². The summed E-state index contributed by atoms with van der Waals surface area (Å²) in [7, 11) is 0. The third-order valence-corrected chi connectivity index (χ3v) is 5.25. The first kappa shape index (κ1) is 14.8. The second-order valence-corrected chi connectivity index (χ2v) is 7.04. The number of carbonyl (C=O) groups is 1. The molecule has 0 bridgehead atoms. The van der Waals surface area contributed by atoms with E-state index in [2.05, 4.69) is 5.10 Å². The van der Waals surface area contributed by atoms with E-state index in [0.29, 0.717) is 12.6 Å². The highest BCUT2D eigenvalue weighted by Crippen LogP contribution is 2.35. The maximum atomic E-state index is 13.2. The first-order valence-corrected chi connectivity index (χ1v) is 9.04. The Balaban J connectivity index is 1.41. The van der Waals surface area contributed by atoms with Crippen molar-refractivity contribution in [3.63, 3.8) is 0 Å². The zero-order chi connectivity index (χ0) is 16.8. The van der Waals surface area contributed by atoms with Crippen LogP contribution in [0.2, 0.25) is 0 Å². The van der Waals surface area contributed by atoms with Gasteiger partial charge in [-0.2, -0.15) is 5.10 Å². The second kappa shape index (κ2) is 5.79. The minimum atomic E-state index is 0.114. The molecule has 0 N–H and O–H groups in total. The summed E-state index contributed by atoms with van der Waals surface area (Å²) in [6, 6.07) is 6.27. The smallest absolute Gasteiger partial charge is 0.257 e. The minimum absolute atomic E-state index is 0.114. The predicted molar refractivity (Wildman–Crippen MR) is 90.6 cm³/mol. The van der Waals surface area contributed by atoms with E-state index in [9.17, 15) is 4.79 Å². The fourth-order valence-electron chi connectivity index (χ4n) is 3.74. The Kier molecular flexibility index (Phi) is 3.43. The van der Waals surface area contributed by atoms with Crippen LogP contribution in [-0.4, -0.2) is 33.4 Å². The van der Waals surface area contributed by atoms with Crippen molar-refractivity contribution in [2.75, 3.05) is 6.79 Å². The van der Waals surface area contributed by atoms with E-state index in [4.69, 9.17) is 9.47 Å². The number of hydrogen-bond acceptors (Lipinski definition) is 4. The van der Waals surface area contributed by atoms with Gasteiger partial charge in [0.25, 0.3) is 5.91 Å². The molecule has 0 atom stereocenters. The summed E-state index contributed by atoms with van der Waals surface area (Å²) in [5.41, 5.74) is 2.96. The molecule has 1 aliphatic carbocycles. The van der Waals surface area contributed by atoms with Gasteiger partial charge in [0.1, 0.15) is 0 Å². The van der Waals surface area contributed by atoms with Crippen molar-refractivity contribution >= 4 is 5.91 Å². The quantitative estimate of drug-likeness (QED) is 0.859. The molecule has 25 heavy (non-hydrogen) atoms. The Labute approximate surface area is 146 Å². The topological polar surface area (TPSA) is 56.6 Å². The number of amides is 1. The zero-order valence-electron chi connectivity index (χ0n) is 14.1. The lowest BCUT2D eigenvalue weighted by Gasteiger charge is -2.23. The number of rotatable bonds is 4. The fourth-order valence-corrected chi connectivity index (χ4v) is 3.74. The monoisotopic (exact) mass is 339 g/mol. The molecule has 0 unspecified atom stereocenters. The summed E-state index contributed by atoms with van der Waals surface area (Å²) in [6.07, 6.45) is 7.16. The van der Waals surface area contributed by atoms with Crippen LogP contribution >= 0.6 is 0 Å².